The molecule has 0 bridgehead atoms. The summed E-state index contributed by atoms with van der Waals surface area (Å²) in [6, 6.07) is 0. The van der Waals surface area contributed by atoms with Crippen LogP contribution in [0.3, 0.4) is 0 Å². The molecule has 0 atom stereocenters. The minimum Gasteiger partial charge on any atom is 0 e. The van der Waals surface area contributed by atoms with Crippen LogP contribution in [0.2, 0.25) is 0 Å². The fourth-order valence-electron chi connectivity index (χ4n) is 0. The van der Waals surface area contributed by atoms with Crippen LogP contribution in [0.5, 0.6) is 0 Å². The van der Waals surface area contributed by atoms with E-state index in [1.54, 1.807) is 0 Å². The summed E-state index contributed by atoms with van der Waals surface area (Å²) in [7, 11) is 0. The summed E-state index contributed by atoms with van der Waals surface area (Å²) in [6.45, 7) is 0. The zero-order valence-electron chi connectivity index (χ0n) is 2.47. The molecule has 0 aliphatic heterocycles. The first kappa shape index (κ1) is 66.6. The zero-order valence-corrected chi connectivity index (χ0v) is 12.0. The maximum atomic E-state index is 0. The number of rotatable bonds is 0. The second kappa shape index (κ2) is 49.3. The van der Waals surface area contributed by atoms with Crippen LogP contribution >= 0.6 is 0 Å². The van der Waals surface area contributed by atoms with Gasteiger partial charge >= 0.3 is 0 Å². The van der Waals surface area contributed by atoms with Gasteiger partial charge in [0.25, 0.3) is 0 Å². The van der Waals surface area contributed by atoms with E-state index in [1.807, 2.05) is 0 Å². The van der Waals surface area contributed by atoms with Crippen molar-refractivity contribution in [3.05, 3.63) is 0 Å². The summed E-state index contributed by atoms with van der Waals surface area (Å²) in [6.07, 6.45) is 0. The Hall–Kier alpha value is 4.16. The van der Waals surface area contributed by atoms with Crippen LogP contribution in [0, 0.1) is 35.6 Å². The van der Waals surface area contributed by atoms with Gasteiger partial charge in [0.2, 0.25) is 0 Å². The van der Waals surface area contributed by atoms with Crippen molar-refractivity contribution in [2.24, 2.45) is 0 Å². The van der Waals surface area contributed by atoms with Gasteiger partial charge in [-0.2, -0.15) is 0 Å². The minimum absolute atomic E-state index is 0. The smallest absolute Gasteiger partial charge is 0 e. The van der Waals surface area contributed by atoms with Gasteiger partial charge in [0.05, 0.1) is 0 Å². The summed E-state index contributed by atoms with van der Waals surface area (Å²) in [4.78, 5) is 0. The second-order valence-corrected chi connectivity index (χ2v) is 0. The molecule has 0 aliphatic rings. The van der Waals surface area contributed by atoms with Crippen LogP contribution in [-0.2, 0) is 98.9 Å². The van der Waals surface area contributed by atoms with E-state index in [-0.39, 0.29) is 135 Å². The minimum atomic E-state index is 0. The van der Waals surface area contributed by atoms with E-state index in [4.69, 9.17) is 0 Å². The Morgan fingerprint density at radius 2 is 0.286 bits per heavy atom. The van der Waals surface area contributed by atoms with Crippen LogP contribution in [0.25, 0.3) is 0 Å². The van der Waals surface area contributed by atoms with Crippen molar-refractivity contribution in [2.75, 3.05) is 0 Å². The molecule has 0 aromatic rings. The topological polar surface area (TPSA) is 0 Å². The fraction of sp³-hybridized carbons (Fsp3) is 0. The van der Waals surface area contributed by atoms with Crippen LogP contribution in [0.15, 0.2) is 0 Å². The Balaban J connectivity index is 0. The van der Waals surface area contributed by atoms with E-state index < -0.39 is 0 Å². The molecule has 0 saturated heterocycles. The molecule has 0 heterocycles. The predicted octanol–water partition coefficient (Wildman–Crippen LogP) is -0.0150. The predicted molar refractivity (Wildman–Crippen MR) is 0 cm³/mol. The van der Waals surface area contributed by atoms with Crippen molar-refractivity contribution in [3.63, 3.8) is 0 Å². The molecular formula is LaNi6. The van der Waals surface area contributed by atoms with E-state index in [0.29, 0.717) is 0 Å². The first-order valence-corrected chi connectivity index (χ1v) is 0. The van der Waals surface area contributed by atoms with E-state index in [1.165, 1.54) is 0 Å². The Kier molecular flexibility index (Phi) is 469. The molecule has 1 radical (unpaired) electrons. The second-order valence-electron chi connectivity index (χ2n) is 0. The summed E-state index contributed by atoms with van der Waals surface area (Å²) in [5.74, 6) is 0. The van der Waals surface area contributed by atoms with Crippen molar-refractivity contribution in [2.45, 2.75) is 0 Å². The zero-order chi connectivity index (χ0) is 0. The maximum absolute atomic E-state index is 0. The van der Waals surface area contributed by atoms with Gasteiger partial charge in [-0.3, -0.25) is 0 Å². The SMILES string of the molecule is [La].[Ni].[Ni].[Ni].[Ni].[Ni].[Ni]. The number of hydrogen-bond acceptors (Lipinski definition) is 0. The van der Waals surface area contributed by atoms with Gasteiger partial charge < -0.3 is 0 Å². The molecule has 0 aromatic heterocycles. The molecule has 63 valence electrons. The van der Waals surface area contributed by atoms with Gasteiger partial charge in [0, 0.05) is 135 Å². The van der Waals surface area contributed by atoms with Crippen molar-refractivity contribution in [1.82, 2.24) is 0 Å². The average Bonchev–Trinajstić information content (AvgIpc) is 0. The normalized spacial score (nSPS) is 0. The molecule has 0 amide bonds. The molecule has 0 unspecified atom stereocenters. The molecular weight excluding hydrogens is 491 g/mol. The quantitative estimate of drug-likeness (QED) is 0.419. The van der Waals surface area contributed by atoms with E-state index in [0.717, 1.165) is 0 Å². The van der Waals surface area contributed by atoms with E-state index in [2.05, 4.69) is 0 Å². The Labute approximate surface area is 132 Å². The molecule has 7 heteroatoms. The van der Waals surface area contributed by atoms with Crippen LogP contribution in [0.4, 0.5) is 0 Å². The summed E-state index contributed by atoms with van der Waals surface area (Å²) >= 11 is 0. The maximum Gasteiger partial charge on any atom is 0 e. The Bertz CT molecular complexity index is 4.14. The first-order valence-electron chi connectivity index (χ1n) is 0. The molecule has 0 saturated carbocycles. The van der Waals surface area contributed by atoms with Gasteiger partial charge in [-0.1, -0.05) is 0 Å². The molecule has 0 spiro atoms. The molecule has 0 aliphatic carbocycles. The number of hydrogen-bond donors (Lipinski definition) is 0. The van der Waals surface area contributed by atoms with Gasteiger partial charge in [-0.15, -0.1) is 0 Å². The molecule has 0 fully saturated rings. The fourth-order valence-corrected chi connectivity index (χ4v) is 0. The van der Waals surface area contributed by atoms with Gasteiger partial charge in [-0.25, -0.2) is 0 Å². The molecule has 7 heavy (non-hydrogen) atoms. The largest absolute Gasteiger partial charge is 0 e. The monoisotopic (exact) mass is 487 g/mol. The standard InChI is InChI=1S/La.6Ni. The Morgan fingerprint density at radius 1 is 0.286 bits per heavy atom. The van der Waals surface area contributed by atoms with Gasteiger partial charge in [-0.05, 0) is 0 Å². The van der Waals surface area contributed by atoms with E-state index in [9.17, 15) is 0 Å². The summed E-state index contributed by atoms with van der Waals surface area (Å²) in [5, 5.41) is 0. The third kappa shape index (κ3) is 39.1. The third-order valence-electron chi connectivity index (χ3n) is 0. The van der Waals surface area contributed by atoms with Crippen molar-refractivity contribution in [1.29, 1.82) is 0 Å². The summed E-state index contributed by atoms with van der Waals surface area (Å²) < 4.78 is 0. The van der Waals surface area contributed by atoms with Crippen LogP contribution in [-0.4, -0.2) is 0 Å². The van der Waals surface area contributed by atoms with Crippen molar-refractivity contribution < 1.29 is 135 Å². The molecule has 0 aromatic carbocycles. The molecule has 0 N–H and O–H groups in total. The van der Waals surface area contributed by atoms with Gasteiger partial charge in [0.15, 0.2) is 0 Å². The molecule has 0 nitrogen and oxygen atoms in total. The van der Waals surface area contributed by atoms with Crippen LogP contribution < -0.4 is 0 Å². The van der Waals surface area contributed by atoms with Gasteiger partial charge in [0.1, 0.15) is 0 Å². The first-order chi connectivity index (χ1) is 0. The van der Waals surface area contributed by atoms with Crippen molar-refractivity contribution in [3.8, 4) is 0 Å². The average molecular weight is 491 g/mol. The molecule has 0 rings (SSSR count). The van der Waals surface area contributed by atoms with Crippen LogP contribution in [0.1, 0.15) is 0 Å². The van der Waals surface area contributed by atoms with Crippen molar-refractivity contribution >= 4 is 0 Å². The third-order valence-corrected chi connectivity index (χ3v) is 0. The Morgan fingerprint density at radius 3 is 0.286 bits per heavy atom. The summed E-state index contributed by atoms with van der Waals surface area (Å²) in [5.41, 5.74) is 0. The van der Waals surface area contributed by atoms with E-state index >= 15 is 0 Å².